The van der Waals surface area contributed by atoms with Gasteiger partial charge in [-0.05, 0) is 39.0 Å². The number of nitrogens with zero attached hydrogens (tertiary/aromatic N) is 2. The first-order chi connectivity index (χ1) is 11.4. The lowest BCUT2D eigenvalue weighted by atomic mass is 9.92. The Kier molecular flexibility index (Phi) is 5.40. The summed E-state index contributed by atoms with van der Waals surface area (Å²) in [6, 6.07) is 6.46. The molecule has 1 aromatic carbocycles. The molecule has 2 rings (SSSR count). The predicted octanol–water partition coefficient (Wildman–Crippen LogP) is 5.89. The molecule has 2 amide bonds. The van der Waals surface area contributed by atoms with Gasteiger partial charge < -0.3 is 5.32 Å². The molecule has 0 aliphatic rings. The number of halogens is 2. The van der Waals surface area contributed by atoms with Gasteiger partial charge in [-0.1, -0.05) is 44.0 Å². The highest BCUT2D eigenvalue weighted by molar-refractivity contribution is 6.42. The molecule has 2 aromatic rings. The van der Waals surface area contributed by atoms with Crippen LogP contribution in [-0.4, -0.2) is 15.8 Å². The molecule has 0 bridgehead atoms. The Morgan fingerprint density at radius 2 is 1.64 bits per heavy atom. The molecule has 0 fully saturated rings. The third-order valence-electron chi connectivity index (χ3n) is 3.53. The third kappa shape index (κ3) is 4.89. The van der Waals surface area contributed by atoms with Gasteiger partial charge in [0.25, 0.3) is 0 Å². The Hall–Kier alpha value is -1.72. The normalized spacial score (nSPS) is 12.2. The van der Waals surface area contributed by atoms with Crippen LogP contribution in [0.25, 0.3) is 0 Å². The van der Waals surface area contributed by atoms with Crippen molar-refractivity contribution in [3.63, 3.8) is 0 Å². The SMILES string of the molecule is CC(C)(C)c1cc(NC(=O)Nc2ccc(Cl)c(Cl)c2)n(C(C)(C)C)n1. The molecule has 0 spiro atoms. The first kappa shape index (κ1) is 19.6. The summed E-state index contributed by atoms with van der Waals surface area (Å²) in [5, 5.41) is 11.1. The Balaban J connectivity index is 2.24. The number of hydrogen-bond donors (Lipinski definition) is 2. The lowest BCUT2D eigenvalue weighted by Gasteiger charge is -2.23. The van der Waals surface area contributed by atoms with Crippen molar-refractivity contribution in [3.8, 4) is 0 Å². The van der Waals surface area contributed by atoms with E-state index < -0.39 is 0 Å². The molecule has 1 heterocycles. The second kappa shape index (κ2) is 6.89. The quantitative estimate of drug-likeness (QED) is 0.680. The maximum Gasteiger partial charge on any atom is 0.324 e. The van der Waals surface area contributed by atoms with E-state index >= 15 is 0 Å². The zero-order valence-corrected chi connectivity index (χ0v) is 16.9. The molecule has 1 aromatic heterocycles. The van der Waals surface area contributed by atoms with Gasteiger partial charge in [-0.2, -0.15) is 5.10 Å². The summed E-state index contributed by atoms with van der Waals surface area (Å²) in [5.41, 5.74) is 1.08. The van der Waals surface area contributed by atoms with Crippen molar-refractivity contribution in [1.29, 1.82) is 0 Å². The lowest BCUT2D eigenvalue weighted by molar-refractivity contribution is 0.261. The largest absolute Gasteiger partial charge is 0.324 e. The van der Waals surface area contributed by atoms with Gasteiger partial charge in [0.05, 0.1) is 21.3 Å². The standard InChI is InChI=1S/C18H24Cl2N4O/c1-17(2,3)14-10-15(24(23-14)18(4,5)6)22-16(25)21-11-7-8-12(19)13(20)9-11/h7-10H,1-6H3,(H2,21,22,25). The number of anilines is 2. The molecule has 7 heteroatoms. The fourth-order valence-corrected chi connectivity index (χ4v) is 2.50. The van der Waals surface area contributed by atoms with E-state index in [1.807, 2.05) is 31.5 Å². The van der Waals surface area contributed by atoms with Gasteiger partial charge in [-0.3, -0.25) is 5.32 Å². The Morgan fingerprint density at radius 3 is 2.16 bits per heavy atom. The second-order valence-electron chi connectivity index (χ2n) is 7.96. The molecule has 0 aliphatic carbocycles. The third-order valence-corrected chi connectivity index (χ3v) is 4.27. The zero-order valence-electron chi connectivity index (χ0n) is 15.4. The van der Waals surface area contributed by atoms with Gasteiger partial charge in [0.15, 0.2) is 0 Å². The Morgan fingerprint density at radius 1 is 1.00 bits per heavy atom. The molecular weight excluding hydrogens is 359 g/mol. The van der Waals surface area contributed by atoms with E-state index in [1.165, 1.54) is 0 Å². The van der Waals surface area contributed by atoms with Crippen LogP contribution in [-0.2, 0) is 11.0 Å². The average Bonchev–Trinajstić information content (AvgIpc) is 2.86. The van der Waals surface area contributed by atoms with Crippen LogP contribution in [0.2, 0.25) is 10.0 Å². The van der Waals surface area contributed by atoms with Gasteiger partial charge in [-0.25, -0.2) is 9.48 Å². The molecule has 25 heavy (non-hydrogen) atoms. The van der Waals surface area contributed by atoms with E-state index in [-0.39, 0.29) is 17.0 Å². The number of urea groups is 1. The summed E-state index contributed by atoms with van der Waals surface area (Å²) in [6.07, 6.45) is 0. The summed E-state index contributed by atoms with van der Waals surface area (Å²) >= 11 is 11.9. The summed E-state index contributed by atoms with van der Waals surface area (Å²) in [6.45, 7) is 12.4. The first-order valence-corrected chi connectivity index (χ1v) is 8.77. The number of carbonyl (C=O) groups is 1. The number of benzene rings is 1. The minimum absolute atomic E-state index is 0.118. The van der Waals surface area contributed by atoms with Crippen LogP contribution in [0, 0.1) is 0 Å². The zero-order chi connectivity index (χ0) is 19.0. The van der Waals surface area contributed by atoms with Crippen LogP contribution in [0.3, 0.4) is 0 Å². The molecule has 0 unspecified atom stereocenters. The first-order valence-electron chi connectivity index (χ1n) is 8.02. The molecular formula is C18H24Cl2N4O. The van der Waals surface area contributed by atoms with E-state index in [1.54, 1.807) is 18.2 Å². The molecule has 0 saturated heterocycles. The van der Waals surface area contributed by atoms with E-state index in [9.17, 15) is 4.79 Å². The number of hydrogen-bond acceptors (Lipinski definition) is 2. The minimum Gasteiger partial charge on any atom is -0.308 e. The molecule has 0 aliphatic heterocycles. The smallest absolute Gasteiger partial charge is 0.308 e. The number of amides is 2. The van der Waals surface area contributed by atoms with Crippen molar-refractivity contribution < 1.29 is 4.79 Å². The summed E-state index contributed by atoms with van der Waals surface area (Å²) in [4.78, 5) is 12.4. The van der Waals surface area contributed by atoms with E-state index in [4.69, 9.17) is 23.2 Å². The van der Waals surface area contributed by atoms with E-state index in [0.29, 0.717) is 21.6 Å². The molecule has 0 atom stereocenters. The fourth-order valence-electron chi connectivity index (χ4n) is 2.20. The highest BCUT2D eigenvalue weighted by Crippen LogP contribution is 2.29. The van der Waals surface area contributed by atoms with Crippen molar-refractivity contribution in [3.05, 3.63) is 40.0 Å². The second-order valence-corrected chi connectivity index (χ2v) is 8.77. The summed E-state index contributed by atoms with van der Waals surface area (Å²) in [7, 11) is 0. The number of carbonyl (C=O) groups excluding carboxylic acids is 1. The van der Waals surface area contributed by atoms with Gasteiger partial charge in [0.2, 0.25) is 0 Å². The Bertz CT molecular complexity index is 785. The van der Waals surface area contributed by atoms with Crippen molar-refractivity contribution in [2.45, 2.75) is 52.5 Å². The fraction of sp³-hybridized carbons (Fsp3) is 0.444. The maximum atomic E-state index is 12.4. The summed E-state index contributed by atoms with van der Waals surface area (Å²) in [5.74, 6) is 0.634. The number of rotatable bonds is 2. The number of nitrogens with one attached hydrogen (secondary N) is 2. The van der Waals surface area contributed by atoms with Gasteiger partial charge >= 0.3 is 6.03 Å². The topological polar surface area (TPSA) is 59.0 Å². The van der Waals surface area contributed by atoms with Crippen LogP contribution in [0.4, 0.5) is 16.3 Å². The average molecular weight is 383 g/mol. The van der Waals surface area contributed by atoms with Crippen molar-refractivity contribution in [2.24, 2.45) is 0 Å². The van der Waals surface area contributed by atoms with Crippen LogP contribution in [0.1, 0.15) is 47.2 Å². The summed E-state index contributed by atoms with van der Waals surface area (Å²) < 4.78 is 1.82. The van der Waals surface area contributed by atoms with Crippen LogP contribution >= 0.6 is 23.2 Å². The Labute approximate surface area is 158 Å². The van der Waals surface area contributed by atoms with Crippen LogP contribution in [0.15, 0.2) is 24.3 Å². The molecule has 136 valence electrons. The van der Waals surface area contributed by atoms with Gasteiger partial charge in [0.1, 0.15) is 5.82 Å². The molecule has 0 saturated carbocycles. The molecule has 5 nitrogen and oxygen atoms in total. The van der Waals surface area contributed by atoms with Crippen LogP contribution in [0.5, 0.6) is 0 Å². The van der Waals surface area contributed by atoms with Crippen molar-refractivity contribution >= 4 is 40.7 Å². The van der Waals surface area contributed by atoms with Gasteiger partial charge in [-0.15, -0.1) is 0 Å². The lowest BCUT2D eigenvalue weighted by Crippen LogP contribution is -2.28. The maximum absolute atomic E-state index is 12.4. The van der Waals surface area contributed by atoms with E-state index in [0.717, 1.165) is 5.69 Å². The number of aromatic nitrogens is 2. The molecule has 2 N–H and O–H groups in total. The highest BCUT2D eigenvalue weighted by atomic mass is 35.5. The van der Waals surface area contributed by atoms with Crippen molar-refractivity contribution in [2.75, 3.05) is 10.6 Å². The minimum atomic E-state index is -0.371. The van der Waals surface area contributed by atoms with E-state index in [2.05, 4.69) is 36.5 Å². The predicted molar refractivity (Wildman–Crippen MR) is 105 cm³/mol. The monoisotopic (exact) mass is 382 g/mol. The highest BCUT2D eigenvalue weighted by Gasteiger charge is 2.25. The molecule has 0 radical (unpaired) electrons. The van der Waals surface area contributed by atoms with Crippen LogP contribution < -0.4 is 10.6 Å². The van der Waals surface area contributed by atoms with Gasteiger partial charge in [0, 0.05) is 17.2 Å². The van der Waals surface area contributed by atoms with Crippen molar-refractivity contribution in [1.82, 2.24) is 9.78 Å².